The predicted molar refractivity (Wildman–Crippen MR) is 102 cm³/mol. The van der Waals surface area contributed by atoms with E-state index >= 15 is 0 Å². The maximum absolute atomic E-state index is 12.4. The average molecular weight is 416 g/mol. The minimum Gasteiger partial charge on any atom is -0.406 e. The number of rotatable bonds is 5. The van der Waals surface area contributed by atoms with Crippen molar-refractivity contribution in [2.24, 2.45) is 5.73 Å². The van der Waals surface area contributed by atoms with Gasteiger partial charge in [0.25, 0.3) is 0 Å². The maximum Gasteiger partial charge on any atom is 0.573 e. The third-order valence-corrected chi connectivity index (χ3v) is 7.69. The number of amidine groups is 1. The predicted octanol–water partition coefficient (Wildman–Crippen LogP) is 5.53. The molecule has 1 unspecified atom stereocenters. The molecule has 0 aliphatic carbocycles. The molecule has 0 saturated heterocycles. The molecule has 0 amide bonds. The third kappa shape index (κ3) is 4.19. The van der Waals surface area contributed by atoms with E-state index in [0.717, 1.165) is 15.4 Å². The molecule has 0 radical (unpaired) electrons. The van der Waals surface area contributed by atoms with Crippen LogP contribution in [0.2, 0.25) is 0 Å². The normalized spacial score (nSPS) is 12.2. The zero-order valence-corrected chi connectivity index (χ0v) is 15.8. The van der Waals surface area contributed by atoms with E-state index in [1.54, 1.807) is 22.2 Å². The molecule has 2 aromatic heterocycles. The summed E-state index contributed by atoms with van der Waals surface area (Å²) in [5.41, 5.74) is 7.58. The Morgan fingerprint density at radius 2 is 2.08 bits per heavy atom. The van der Waals surface area contributed by atoms with Gasteiger partial charge in [-0.2, -0.15) is 0 Å². The smallest absolute Gasteiger partial charge is 0.406 e. The zero-order valence-electron chi connectivity index (χ0n) is 13.3. The highest BCUT2D eigenvalue weighted by atomic mass is 33.1. The van der Waals surface area contributed by atoms with Gasteiger partial charge in [-0.15, -0.1) is 24.5 Å². The molecule has 0 aliphatic rings. The molecule has 3 N–H and O–H groups in total. The summed E-state index contributed by atoms with van der Waals surface area (Å²) in [6, 6.07) is 7.56. The van der Waals surface area contributed by atoms with E-state index in [1.165, 1.54) is 29.5 Å². The number of hydrogen-bond donors (Lipinski definition) is 2. The van der Waals surface area contributed by atoms with E-state index in [0.29, 0.717) is 11.3 Å². The van der Waals surface area contributed by atoms with E-state index in [4.69, 9.17) is 11.1 Å². The Labute approximate surface area is 157 Å². The van der Waals surface area contributed by atoms with Crippen LogP contribution < -0.4 is 10.5 Å². The Bertz CT molecular complexity index is 950. The summed E-state index contributed by atoms with van der Waals surface area (Å²) in [5.74, 6) is -0.255. The van der Waals surface area contributed by atoms with Crippen LogP contribution in [0.15, 0.2) is 41.1 Å². The molecule has 1 atom stereocenters. The molecule has 0 spiro atoms. The van der Waals surface area contributed by atoms with Gasteiger partial charge < -0.3 is 10.5 Å². The largest absolute Gasteiger partial charge is 0.573 e. The van der Waals surface area contributed by atoms with E-state index in [-0.39, 0.29) is 21.1 Å². The summed E-state index contributed by atoms with van der Waals surface area (Å²) in [5, 5.41) is 12.2. The quantitative estimate of drug-likeness (QED) is 0.248. The summed E-state index contributed by atoms with van der Waals surface area (Å²) in [6.07, 6.45) is -2.79. The summed E-state index contributed by atoms with van der Waals surface area (Å²) >= 11 is 1.38. The van der Waals surface area contributed by atoms with Crippen molar-refractivity contribution in [3.05, 3.63) is 46.0 Å². The molecule has 0 aliphatic heterocycles. The molecule has 3 rings (SSSR count). The highest BCUT2D eigenvalue weighted by Crippen LogP contribution is 2.42. The van der Waals surface area contributed by atoms with Crippen molar-refractivity contribution in [3.8, 4) is 27.6 Å². The first-order valence-electron chi connectivity index (χ1n) is 7.14. The van der Waals surface area contributed by atoms with Crippen molar-refractivity contribution in [2.75, 3.05) is 6.26 Å². The lowest BCUT2D eigenvalue weighted by Gasteiger charge is -2.09. The number of alkyl halides is 3. The minimum absolute atomic E-state index is 0.0303. The van der Waals surface area contributed by atoms with Crippen molar-refractivity contribution in [3.63, 3.8) is 0 Å². The van der Waals surface area contributed by atoms with E-state index in [2.05, 4.69) is 9.72 Å². The van der Waals surface area contributed by atoms with E-state index in [9.17, 15) is 13.2 Å². The van der Waals surface area contributed by atoms with Gasteiger partial charge in [-0.05, 0) is 12.1 Å². The van der Waals surface area contributed by atoms with Crippen molar-refractivity contribution in [2.45, 2.75) is 6.36 Å². The number of hydrogen-bond acceptors (Lipinski definition) is 5. The monoisotopic (exact) mass is 416 g/mol. The van der Waals surface area contributed by atoms with Crippen LogP contribution in [0.4, 0.5) is 13.2 Å². The lowest BCUT2D eigenvalue weighted by atomic mass is 10.1. The number of ether oxygens (including phenoxy) is 1. The van der Waals surface area contributed by atoms with E-state index in [1.807, 2.05) is 17.7 Å². The second kappa shape index (κ2) is 7.29. The van der Waals surface area contributed by atoms with Crippen LogP contribution in [0.25, 0.3) is 21.8 Å². The number of nitrogens with zero attached hydrogens (tertiary/aromatic N) is 1. The number of thiazole rings is 1. The Balaban J connectivity index is 1.91. The van der Waals surface area contributed by atoms with Gasteiger partial charge in [0, 0.05) is 23.3 Å². The Kier molecular flexibility index (Phi) is 5.26. The summed E-state index contributed by atoms with van der Waals surface area (Å²) < 4.78 is 41.1. The minimum atomic E-state index is -4.73. The van der Waals surface area contributed by atoms with Crippen LogP contribution in [-0.2, 0) is 0 Å². The van der Waals surface area contributed by atoms with Gasteiger partial charge in [-0.3, -0.25) is 5.41 Å². The fourth-order valence-corrected chi connectivity index (χ4v) is 5.96. The van der Waals surface area contributed by atoms with Gasteiger partial charge >= 0.3 is 6.36 Å². The van der Waals surface area contributed by atoms with Crippen molar-refractivity contribution < 1.29 is 17.9 Å². The molecular weight excluding hydrogens is 403 g/mol. The lowest BCUT2D eigenvalue weighted by Crippen LogP contribution is -2.17. The third-order valence-electron chi connectivity index (χ3n) is 3.30. The van der Waals surface area contributed by atoms with Crippen LogP contribution in [-0.4, -0.2) is 23.4 Å². The molecule has 10 heteroatoms. The van der Waals surface area contributed by atoms with Gasteiger partial charge in [-0.25, -0.2) is 4.98 Å². The molecule has 26 heavy (non-hydrogen) atoms. The molecular formula is C16H13F3N3OS3+. The standard InChI is InChI=1S/C16H13F3N3OS3/c1-24-26-8-10(6-13(26)14(20)21)15-22-12(7-25-15)9-3-2-4-11(5-9)23-16(17,18)19/h2-8H,1H3,(H3,20,21)/q+1. The number of aromatic nitrogens is 1. The molecule has 4 nitrogen and oxygen atoms in total. The van der Waals surface area contributed by atoms with Gasteiger partial charge in [0.2, 0.25) is 4.88 Å². The molecule has 1 aromatic carbocycles. The summed E-state index contributed by atoms with van der Waals surface area (Å²) in [7, 11) is 1.30. The number of nitrogens with two attached hydrogens (primary N) is 1. The first kappa shape index (κ1) is 18.7. The Morgan fingerprint density at radius 1 is 1.31 bits per heavy atom. The Morgan fingerprint density at radius 3 is 2.69 bits per heavy atom. The van der Waals surface area contributed by atoms with Crippen LogP contribution in [0.5, 0.6) is 5.75 Å². The second-order valence-electron chi connectivity index (χ2n) is 5.07. The highest BCUT2D eigenvalue weighted by Gasteiger charge is 2.31. The summed E-state index contributed by atoms with van der Waals surface area (Å²) in [4.78, 5) is 5.27. The molecule has 0 bridgehead atoms. The molecule has 0 saturated carbocycles. The average Bonchev–Trinajstić information content (AvgIpc) is 3.20. The molecule has 0 fully saturated rings. The highest BCUT2D eigenvalue weighted by molar-refractivity contribution is 8.45. The fraction of sp³-hybridized carbons (Fsp3) is 0.125. The first-order valence-corrected chi connectivity index (χ1v) is 11.1. The number of nitrogen functional groups attached to an aromatic ring is 1. The summed E-state index contributed by atoms with van der Waals surface area (Å²) in [6.45, 7) is 0. The number of halogens is 3. The van der Waals surface area contributed by atoms with E-state index < -0.39 is 6.36 Å². The molecule has 3 aromatic rings. The lowest BCUT2D eigenvalue weighted by molar-refractivity contribution is -0.274. The van der Waals surface area contributed by atoms with Crippen molar-refractivity contribution in [1.29, 1.82) is 5.41 Å². The van der Waals surface area contributed by atoms with Gasteiger partial charge in [0.1, 0.15) is 21.6 Å². The van der Waals surface area contributed by atoms with Crippen LogP contribution in [0, 0.1) is 5.41 Å². The van der Waals surface area contributed by atoms with Gasteiger partial charge in [0.15, 0.2) is 11.2 Å². The van der Waals surface area contributed by atoms with Crippen molar-refractivity contribution >= 4 is 37.5 Å². The number of nitrogens with one attached hydrogen (secondary N) is 1. The first-order chi connectivity index (χ1) is 12.3. The van der Waals surface area contributed by atoms with Crippen LogP contribution in [0.3, 0.4) is 0 Å². The second-order valence-corrected chi connectivity index (χ2v) is 9.61. The number of thiophene rings is 1. The van der Waals surface area contributed by atoms with Gasteiger partial charge in [-0.1, -0.05) is 12.1 Å². The maximum atomic E-state index is 12.4. The van der Waals surface area contributed by atoms with Crippen LogP contribution in [0.1, 0.15) is 4.88 Å². The Hall–Kier alpha value is -2.04. The van der Waals surface area contributed by atoms with Gasteiger partial charge in [0.05, 0.1) is 20.8 Å². The van der Waals surface area contributed by atoms with Crippen LogP contribution >= 0.6 is 31.6 Å². The fourth-order valence-electron chi connectivity index (χ4n) is 2.24. The SMILES string of the molecule is CS[s+]1cc(-c2nc(-c3cccc(OC(F)(F)F)c3)cs2)cc1C(=N)N. The molecule has 136 valence electrons. The topological polar surface area (TPSA) is 72.0 Å². The van der Waals surface area contributed by atoms with Crippen molar-refractivity contribution in [1.82, 2.24) is 4.98 Å². The number of benzene rings is 1. The molecule has 2 heterocycles. The zero-order chi connectivity index (χ0) is 18.9.